The Bertz CT molecular complexity index is 258. The molecular weight excluding hydrogens is 196 g/mol. The van der Waals surface area contributed by atoms with Gasteiger partial charge in [0.25, 0.3) is 0 Å². The zero-order valence-electron chi connectivity index (χ0n) is 8.76. The minimum absolute atomic E-state index is 0.476. The van der Waals surface area contributed by atoms with E-state index in [0.717, 1.165) is 18.7 Å². The number of hydrogen-bond donors (Lipinski definition) is 1. The van der Waals surface area contributed by atoms with E-state index in [1.807, 2.05) is 12.1 Å². The Morgan fingerprint density at radius 2 is 2.29 bits per heavy atom. The number of hydrogen-bond acceptors (Lipinski definition) is 2. The van der Waals surface area contributed by atoms with Gasteiger partial charge in [-0.1, -0.05) is 18.5 Å². The predicted molar refractivity (Wildman–Crippen MR) is 60.7 cm³/mol. The Labute approximate surface area is 90.7 Å². The largest absolute Gasteiger partial charge is 0.314 e. The highest BCUT2D eigenvalue weighted by atomic mass is 35.5. The standard InChI is InChI=1S/C11H17ClN2/c1-3-6-13-9(2)7-11-5-4-10(12)8-14-11/h4-5,8-9,13H,3,6-7H2,1-2H3. The van der Waals surface area contributed by atoms with Gasteiger partial charge in [-0.15, -0.1) is 0 Å². The van der Waals surface area contributed by atoms with Crippen molar-refractivity contribution in [2.45, 2.75) is 32.7 Å². The molecule has 0 saturated carbocycles. The SMILES string of the molecule is CCCNC(C)Cc1ccc(Cl)cn1. The molecule has 1 heterocycles. The Kier molecular flexibility index (Phi) is 4.91. The van der Waals surface area contributed by atoms with Crippen molar-refractivity contribution in [3.05, 3.63) is 29.0 Å². The second-order valence-electron chi connectivity index (χ2n) is 3.53. The average molecular weight is 213 g/mol. The predicted octanol–water partition coefficient (Wildman–Crippen LogP) is 2.67. The number of halogens is 1. The van der Waals surface area contributed by atoms with Crippen LogP contribution in [0.2, 0.25) is 5.02 Å². The van der Waals surface area contributed by atoms with Gasteiger partial charge in [-0.25, -0.2) is 0 Å². The van der Waals surface area contributed by atoms with E-state index in [4.69, 9.17) is 11.6 Å². The van der Waals surface area contributed by atoms with Gasteiger partial charge in [0.15, 0.2) is 0 Å². The zero-order valence-corrected chi connectivity index (χ0v) is 9.51. The number of rotatable bonds is 5. The van der Waals surface area contributed by atoms with Gasteiger partial charge < -0.3 is 5.32 Å². The number of nitrogens with one attached hydrogen (secondary N) is 1. The molecule has 14 heavy (non-hydrogen) atoms. The van der Waals surface area contributed by atoms with E-state index in [2.05, 4.69) is 24.1 Å². The lowest BCUT2D eigenvalue weighted by atomic mass is 10.1. The van der Waals surface area contributed by atoms with E-state index in [-0.39, 0.29) is 0 Å². The van der Waals surface area contributed by atoms with Crippen LogP contribution in [0.15, 0.2) is 18.3 Å². The molecule has 0 aliphatic carbocycles. The summed E-state index contributed by atoms with van der Waals surface area (Å²) in [6.45, 7) is 5.40. The first-order valence-electron chi connectivity index (χ1n) is 5.06. The molecule has 1 atom stereocenters. The van der Waals surface area contributed by atoms with Crippen LogP contribution in [-0.2, 0) is 6.42 Å². The quantitative estimate of drug-likeness (QED) is 0.812. The maximum atomic E-state index is 5.75. The van der Waals surface area contributed by atoms with Crippen molar-refractivity contribution >= 4 is 11.6 Å². The fraction of sp³-hybridized carbons (Fsp3) is 0.545. The van der Waals surface area contributed by atoms with Crippen LogP contribution in [0.5, 0.6) is 0 Å². The molecule has 0 amide bonds. The number of aromatic nitrogens is 1. The third-order valence-electron chi connectivity index (χ3n) is 2.05. The van der Waals surface area contributed by atoms with Crippen molar-refractivity contribution in [2.75, 3.05) is 6.54 Å². The smallest absolute Gasteiger partial charge is 0.0589 e. The highest BCUT2D eigenvalue weighted by Crippen LogP contribution is 2.07. The molecule has 0 saturated heterocycles. The van der Waals surface area contributed by atoms with Crippen LogP contribution < -0.4 is 5.32 Å². The van der Waals surface area contributed by atoms with Crippen LogP contribution in [-0.4, -0.2) is 17.6 Å². The van der Waals surface area contributed by atoms with Gasteiger partial charge in [-0.05, 0) is 32.0 Å². The van der Waals surface area contributed by atoms with E-state index in [1.165, 1.54) is 6.42 Å². The highest BCUT2D eigenvalue weighted by molar-refractivity contribution is 6.30. The van der Waals surface area contributed by atoms with Crippen LogP contribution in [0.1, 0.15) is 26.0 Å². The molecule has 0 radical (unpaired) electrons. The van der Waals surface area contributed by atoms with Gasteiger partial charge in [0.1, 0.15) is 0 Å². The maximum Gasteiger partial charge on any atom is 0.0589 e. The van der Waals surface area contributed by atoms with E-state index >= 15 is 0 Å². The first-order valence-corrected chi connectivity index (χ1v) is 5.44. The minimum Gasteiger partial charge on any atom is -0.314 e. The van der Waals surface area contributed by atoms with Crippen molar-refractivity contribution < 1.29 is 0 Å². The first-order chi connectivity index (χ1) is 6.72. The van der Waals surface area contributed by atoms with Gasteiger partial charge >= 0.3 is 0 Å². The van der Waals surface area contributed by atoms with E-state index in [9.17, 15) is 0 Å². The zero-order chi connectivity index (χ0) is 10.4. The molecule has 3 heteroatoms. The van der Waals surface area contributed by atoms with Crippen molar-refractivity contribution in [2.24, 2.45) is 0 Å². The molecule has 78 valence electrons. The third-order valence-corrected chi connectivity index (χ3v) is 2.27. The molecule has 0 aromatic carbocycles. The normalized spacial score (nSPS) is 12.8. The Morgan fingerprint density at radius 3 is 2.86 bits per heavy atom. The molecule has 1 N–H and O–H groups in total. The topological polar surface area (TPSA) is 24.9 Å². The van der Waals surface area contributed by atoms with Gasteiger partial charge in [0, 0.05) is 24.4 Å². The summed E-state index contributed by atoms with van der Waals surface area (Å²) in [4.78, 5) is 4.25. The molecule has 2 nitrogen and oxygen atoms in total. The summed E-state index contributed by atoms with van der Waals surface area (Å²) in [5.74, 6) is 0. The molecule has 0 aliphatic rings. The van der Waals surface area contributed by atoms with E-state index in [1.54, 1.807) is 6.20 Å². The second-order valence-corrected chi connectivity index (χ2v) is 3.96. The molecule has 0 aliphatic heterocycles. The summed E-state index contributed by atoms with van der Waals surface area (Å²) >= 11 is 5.75. The second kappa shape index (κ2) is 5.99. The highest BCUT2D eigenvalue weighted by Gasteiger charge is 2.02. The third kappa shape index (κ3) is 4.07. The summed E-state index contributed by atoms with van der Waals surface area (Å²) < 4.78 is 0. The lowest BCUT2D eigenvalue weighted by Crippen LogP contribution is -2.28. The number of pyridine rings is 1. The molecule has 0 fully saturated rings. The Morgan fingerprint density at radius 1 is 1.50 bits per heavy atom. The molecule has 1 aromatic rings. The first kappa shape index (κ1) is 11.5. The van der Waals surface area contributed by atoms with Crippen LogP contribution in [0.3, 0.4) is 0 Å². The van der Waals surface area contributed by atoms with Crippen molar-refractivity contribution in [3.63, 3.8) is 0 Å². The summed E-state index contributed by atoms with van der Waals surface area (Å²) in [5.41, 5.74) is 1.09. The fourth-order valence-corrected chi connectivity index (χ4v) is 1.42. The lowest BCUT2D eigenvalue weighted by molar-refractivity contribution is 0.539. The van der Waals surface area contributed by atoms with Crippen LogP contribution in [0, 0.1) is 0 Å². The summed E-state index contributed by atoms with van der Waals surface area (Å²) in [6.07, 6.45) is 3.82. The van der Waals surface area contributed by atoms with Crippen LogP contribution in [0.4, 0.5) is 0 Å². The molecule has 0 spiro atoms. The molecular formula is C11H17ClN2. The van der Waals surface area contributed by atoms with Crippen molar-refractivity contribution in [1.82, 2.24) is 10.3 Å². The Hall–Kier alpha value is -0.600. The summed E-state index contributed by atoms with van der Waals surface area (Å²) in [7, 11) is 0. The van der Waals surface area contributed by atoms with E-state index < -0.39 is 0 Å². The summed E-state index contributed by atoms with van der Waals surface area (Å²) in [6, 6.07) is 4.34. The Balaban J connectivity index is 2.39. The summed E-state index contributed by atoms with van der Waals surface area (Å²) in [5, 5.41) is 4.12. The molecule has 1 unspecified atom stereocenters. The van der Waals surface area contributed by atoms with Gasteiger partial charge in [0.05, 0.1) is 5.02 Å². The molecule has 1 aromatic heterocycles. The van der Waals surface area contributed by atoms with Gasteiger partial charge in [-0.3, -0.25) is 4.98 Å². The van der Waals surface area contributed by atoms with Crippen LogP contribution >= 0.6 is 11.6 Å². The van der Waals surface area contributed by atoms with Gasteiger partial charge in [0.2, 0.25) is 0 Å². The van der Waals surface area contributed by atoms with E-state index in [0.29, 0.717) is 11.1 Å². The number of nitrogens with zero attached hydrogens (tertiary/aromatic N) is 1. The average Bonchev–Trinajstić information content (AvgIpc) is 2.18. The fourth-order valence-electron chi connectivity index (χ4n) is 1.30. The van der Waals surface area contributed by atoms with Crippen LogP contribution in [0.25, 0.3) is 0 Å². The maximum absolute atomic E-state index is 5.75. The van der Waals surface area contributed by atoms with Gasteiger partial charge in [-0.2, -0.15) is 0 Å². The van der Waals surface area contributed by atoms with Crippen molar-refractivity contribution in [3.8, 4) is 0 Å². The lowest BCUT2D eigenvalue weighted by Gasteiger charge is -2.12. The molecule has 0 bridgehead atoms. The monoisotopic (exact) mass is 212 g/mol. The molecule has 1 rings (SSSR count). The van der Waals surface area contributed by atoms with Crippen molar-refractivity contribution in [1.29, 1.82) is 0 Å². The minimum atomic E-state index is 0.476.